The smallest absolute Gasteiger partial charge is 0.247 e. The van der Waals surface area contributed by atoms with Gasteiger partial charge in [0, 0.05) is 55.1 Å². The van der Waals surface area contributed by atoms with Gasteiger partial charge < -0.3 is 29.9 Å². The number of piperazine rings is 1. The van der Waals surface area contributed by atoms with Crippen molar-refractivity contribution < 1.29 is 23.0 Å². The van der Waals surface area contributed by atoms with E-state index in [0.29, 0.717) is 22.4 Å². The molecule has 6 rings (SSSR count). The fourth-order valence-electron chi connectivity index (χ4n) is 5.39. The standard InChI is InChI=1S/C31H31F2N9O3/c1-5-25(43)37-22-14-19(41-11-9-40(6-2)10-12-41)7-8-21(22)38-31-34-16-18-13-20(30-35-17-36-42(30)29(18)39-31)26-27(32)23(44-3)15-24(45-4)28(26)33/h5,7-8,13-17H,1,6,9-12H2,2-4H3,(H,37,43)(H,34,38,39). The molecule has 2 N–H and O–H groups in total. The van der Waals surface area contributed by atoms with Crippen molar-refractivity contribution in [2.45, 2.75) is 6.92 Å². The monoisotopic (exact) mass is 615 g/mol. The predicted octanol–water partition coefficient (Wildman–Crippen LogP) is 4.64. The molecule has 1 saturated heterocycles. The van der Waals surface area contributed by atoms with Crippen molar-refractivity contribution in [3.8, 4) is 22.6 Å². The highest BCUT2D eigenvalue weighted by molar-refractivity contribution is 6.02. The number of ether oxygens (including phenoxy) is 2. The van der Waals surface area contributed by atoms with E-state index in [1.807, 2.05) is 18.2 Å². The molecule has 1 aliphatic heterocycles. The molecule has 1 aliphatic rings. The number of hydrogen-bond donors (Lipinski definition) is 2. The second-order valence-corrected chi connectivity index (χ2v) is 10.3. The SMILES string of the molecule is C=CC(=O)Nc1cc(N2CCN(CC)CC2)ccc1Nc1ncc2cc(-c3c(F)c(OC)cc(OC)c3F)c3ncnn3c2n1. The molecule has 0 spiro atoms. The molecule has 1 fully saturated rings. The number of rotatable bonds is 9. The van der Waals surface area contributed by atoms with Crippen LogP contribution in [-0.4, -0.2) is 82.3 Å². The number of aromatic nitrogens is 5. The van der Waals surface area contributed by atoms with Gasteiger partial charge in [0.2, 0.25) is 11.9 Å². The number of methoxy groups -OCH3 is 2. The molecular formula is C31H31F2N9O3. The van der Waals surface area contributed by atoms with E-state index in [9.17, 15) is 4.79 Å². The number of hydrogen-bond acceptors (Lipinski definition) is 10. The van der Waals surface area contributed by atoms with E-state index >= 15 is 8.78 Å². The van der Waals surface area contributed by atoms with E-state index in [4.69, 9.17) is 9.47 Å². The minimum absolute atomic E-state index is 0.112. The number of halogens is 2. The van der Waals surface area contributed by atoms with Gasteiger partial charge in [-0.25, -0.2) is 18.7 Å². The van der Waals surface area contributed by atoms with Gasteiger partial charge in [-0.1, -0.05) is 13.5 Å². The number of nitrogens with one attached hydrogen (secondary N) is 2. The maximum absolute atomic E-state index is 15.5. The van der Waals surface area contributed by atoms with Gasteiger partial charge in [-0.05, 0) is 36.9 Å². The minimum atomic E-state index is -0.913. The fourth-order valence-corrected chi connectivity index (χ4v) is 5.39. The lowest BCUT2D eigenvalue weighted by atomic mass is 10.0. The van der Waals surface area contributed by atoms with Crippen LogP contribution in [0.3, 0.4) is 0 Å². The van der Waals surface area contributed by atoms with Crippen LogP contribution in [0.4, 0.5) is 31.8 Å². The summed E-state index contributed by atoms with van der Waals surface area (Å²) in [6.45, 7) is 10.4. The van der Waals surface area contributed by atoms with Gasteiger partial charge >= 0.3 is 0 Å². The maximum atomic E-state index is 15.5. The summed E-state index contributed by atoms with van der Waals surface area (Å²) < 4.78 is 42.5. The third-order valence-electron chi connectivity index (χ3n) is 7.81. The molecule has 0 aliphatic carbocycles. The van der Waals surface area contributed by atoms with Crippen LogP contribution in [-0.2, 0) is 4.79 Å². The molecule has 0 radical (unpaired) electrons. The predicted molar refractivity (Wildman–Crippen MR) is 167 cm³/mol. The van der Waals surface area contributed by atoms with Crippen molar-refractivity contribution in [2.24, 2.45) is 0 Å². The minimum Gasteiger partial charge on any atom is -0.494 e. The number of carbonyl (C=O) groups is 1. The summed E-state index contributed by atoms with van der Waals surface area (Å²) in [6, 6.07) is 8.40. The third-order valence-corrected chi connectivity index (χ3v) is 7.81. The van der Waals surface area contributed by atoms with Crippen LogP contribution < -0.4 is 25.0 Å². The quantitative estimate of drug-likeness (QED) is 0.227. The molecule has 0 saturated carbocycles. The first-order valence-corrected chi connectivity index (χ1v) is 14.3. The van der Waals surface area contributed by atoms with Gasteiger partial charge in [0.05, 0.1) is 31.2 Å². The van der Waals surface area contributed by atoms with E-state index in [-0.39, 0.29) is 40.1 Å². The molecule has 45 heavy (non-hydrogen) atoms. The van der Waals surface area contributed by atoms with Crippen LogP contribution >= 0.6 is 0 Å². The molecule has 3 aromatic heterocycles. The second kappa shape index (κ2) is 12.3. The molecule has 12 nitrogen and oxygen atoms in total. The molecule has 4 heterocycles. The Kier molecular flexibility index (Phi) is 8.13. The van der Waals surface area contributed by atoms with Gasteiger partial charge in [0.15, 0.2) is 34.4 Å². The highest BCUT2D eigenvalue weighted by atomic mass is 19.1. The number of likely N-dealkylation sites (N-methyl/N-ethyl adjacent to an activating group) is 1. The summed E-state index contributed by atoms with van der Waals surface area (Å²) in [5, 5.41) is 10.8. The van der Waals surface area contributed by atoms with Gasteiger partial charge in [-0.2, -0.15) is 14.6 Å². The molecule has 1 amide bonds. The zero-order chi connectivity index (χ0) is 31.7. The van der Waals surface area contributed by atoms with Crippen LogP contribution in [0.2, 0.25) is 0 Å². The Morgan fingerprint density at radius 1 is 1.00 bits per heavy atom. The van der Waals surface area contributed by atoms with Crippen LogP contribution in [0.15, 0.2) is 55.5 Å². The van der Waals surface area contributed by atoms with Gasteiger partial charge in [0.1, 0.15) is 6.33 Å². The lowest BCUT2D eigenvalue weighted by molar-refractivity contribution is -0.111. The average molecular weight is 616 g/mol. The summed E-state index contributed by atoms with van der Waals surface area (Å²) >= 11 is 0. The number of fused-ring (bicyclic) bond motifs is 3. The van der Waals surface area contributed by atoms with E-state index in [1.54, 1.807) is 0 Å². The van der Waals surface area contributed by atoms with Crippen LogP contribution in [0, 0.1) is 11.6 Å². The first kappa shape index (κ1) is 29.7. The zero-order valence-corrected chi connectivity index (χ0v) is 25.0. The van der Waals surface area contributed by atoms with Crippen LogP contribution in [0.1, 0.15) is 6.92 Å². The van der Waals surface area contributed by atoms with Crippen LogP contribution in [0.25, 0.3) is 27.8 Å². The summed E-state index contributed by atoms with van der Waals surface area (Å²) in [7, 11) is 2.56. The Morgan fingerprint density at radius 3 is 2.40 bits per heavy atom. The first-order chi connectivity index (χ1) is 21.8. The van der Waals surface area contributed by atoms with E-state index in [1.165, 1.54) is 43.4 Å². The van der Waals surface area contributed by atoms with E-state index < -0.39 is 11.6 Å². The van der Waals surface area contributed by atoms with Crippen molar-refractivity contribution in [2.75, 3.05) is 62.5 Å². The lowest BCUT2D eigenvalue weighted by Gasteiger charge is -2.35. The maximum Gasteiger partial charge on any atom is 0.247 e. The van der Waals surface area contributed by atoms with Crippen molar-refractivity contribution >= 4 is 45.6 Å². The number of carbonyl (C=O) groups excluding carboxylic acids is 1. The number of anilines is 4. The topological polar surface area (TPSA) is 122 Å². The Hall–Kier alpha value is -5.37. The van der Waals surface area contributed by atoms with E-state index in [0.717, 1.165) is 44.5 Å². The molecule has 2 aromatic carbocycles. The van der Waals surface area contributed by atoms with Crippen LogP contribution in [0.5, 0.6) is 11.5 Å². The van der Waals surface area contributed by atoms with E-state index in [2.05, 4.69) is 54.0 Å². The average Bonchev–Trinajstić information content (AvgIpc) is 3.57. The van der Waals surface area contributed by atoms with Crippen molar-refractivity contribution in [1.82, 2.24) is 29.5 Å². The number of amides is 1. The summed E-state index contributed by atoms with van der Waals surface area (Å²) in [4.78, 5) is 30.3. The fraction of sp³-hybridized carbons (Fsp3) is 0.258. The first-order valence-electron chi connectivity index (χ1n) is 14.3. The lowest BCUT2D eigenvalue weighted by Crippen LogP contribution is -2.46. The van der Waals surface area contributed by atoms with Crippen molar-refractivity contribution in [3.63, 3.8) is 0 Å². The Bertz CT molecular complexity index is 1890. The van der Waals surface area contributed by atoms with Crippen molar-refractivity contribution in [3.05, 3.63) is 67.1 Å². The third kappa shape index (κ3) is 5.55. The number of pyridine rings is 1. The molecule has 0 unspecified atom stereocenters. The Balaban J connectivity index is 1.39. The molecule has 0 bridgehead atoms. The van der Waals surface area contributed by atoms with Gasteiger partial charge in [0.25, 0.3) is 0 Å². The largest absolute Gasteiger partial charge is 0.494 e. The Labute approximate surface area is 257 Å². The van der Waals surface area contributed by atoms with Crippen molar-refractivity contribution in [1.29, 1.82) is 0 Å². The highest BCUT2D eigenvalue weighted by Crippen LogP contribution is 2.40. The molecule has 0 atom stereocenters. The summed E-state index contributed by atoms with van der Waals surface area (Å²) in [5.41, 5.74) is 2.28. The summed E-state index contributed by atoms with van der Waals surface area (Å²) in [5.74, 6) is -2.37. The molecule has 5 aromatic rings. The zero-order valence-electron chi connectivity index (χ0n) is 25.0. The summed E-state index contributed by atoms with van der Waals surface area (Å²) in [6.07, 6.45) is 3.97. The van der Waals surface area contributed by atoms with Gasteiger partial charge in [-0.3, -0.25) is 4.79 Å². The van der Waals surface area contributed by atoms with Gasteiger partial charge in [-0.15, -0.1) is 0 Å². The molecular weight excluding hydrogens is 584 g/mol. The number of benzene rings is 2. The second-order valence-electron chi connectivity index (χ2n) is 10.3. The molecule has 232 valence electrons. The Morgan fingerprint density at radius 2 is 1.73 bits per heavy atom. The molecule has 14 heteroatoms. The highest BCUT2D eigenvalue weighted by Gasteiger charge is 2.25. The normalized spacial score (nSPS) is 13.7. The number of nitrogens with zero attached hydrogens (tertiary/aromatic N) is 7.